The molecule has 0 fully saturated rings. The second-order valence-electron chi connectivity index (χ2n) is 6.79. The number of ether oxygens (including phenoxy) is 4. The first-order valence-electron chi connectivity index (χ1n) is 8.94. The number of nitrogens with one attached hydrogen (secondary N) is 3. The van der Waals surface area contributed by atoms with E-state index in [-0.39, 0.29) is 24.0 Å². The van der Waals surface area contributed by atoms with Crippen LogP contribution in [0, 0.1) is 0 Å². The topological polar surface area (TPSA) is 102 Å². The molecule has 0 bridgehead atoms. The Morgan fingerprint density at radius 1 is 0.966 bits per heavy atom. The van der Waals surface area contributed by atoms with Crippen molar-refractivity contribution in [2.45, 2.75) is 32.9 Å². The average Bonchev–Trinajstić information content (AvgIpc) is 2.65. The van der Waals surface area contributed by atoms with E-state index in [4.69, 9.17) is 18.9 Å². The van der Waals surface area contributed by atoms with E-state index in [1.54, 1.807) is 40.5 Å². The van der Waals surface area contributed by atoms with E-state index in [2.05, 4.69) is 20.9 Å². The minimum Gasteiger partial charge on any atom is -0.496 e. The van der Waals surface area contributed by atoms with E-state index >= 15 is 0 Å². The van der Waals surface area contributed by atoms with Crippen LogP contribution in [0.2, 0.25) is 0 Å². The van der Waals surface area contributed by atoms with Crippen LogP contribution in [0.3, 0.4) is 0 Å². The number of benzene rings is 1. The summed E-state index contributed by atoms with van der Waals surface area (Å²) in [6, 6.07) is 3.58. The lowest BCUT2D eigenvalue weighted by molar-refractivity contribution is 0.0529. The first-order chi connectivity index (χ1) is 13.2. The Bertz CT molecular complexity index is 652. The van der Waals surface area contributed by atoms with Gasteiger partial charge in [0.25, 0.3) is 0 Å². The van der Waals surface area contributed by atoms with Crippen LogP contribution >= 0.6 is 24.0 Å². The van der Waals surface area contributed by atoms with Gasteiger partial charge in [-0.05, 0) is 20.8 Å². The molecule has 0 aliphatic carbocycles. The number of nitrogens with zero attached hydrogens (tertiary/aromatic N) is 1. The summed E-state index contributed by atoms with van der Waals surface area (Å²) < 4.78 is 21.3. The van der Waals surface area contributed by atoms with Crippen LogP contribution in [-0.2, 0) is 11.3 Å². The number of carbonyl (C=O) groups excluding carboxylic acids is 1. The largest absolute Gasteiger partial charge is 0.496 e. The number of carbonyl (C=O) groups is 1. The number of amides is 1. The predicted molar refractivity (Wildman–Crippen MR) is 124 cm³/mol. The number of alkyl carbamates (subject to hydrolysis) is 1. The Morgan fingerprint density at radius 3 is 1.97 bits per heavy atom. The molecule has 29 heavy (non-hydrogen) atoms. The summed E-state index contributed by atoms with van der Waals surface area (Å²) in [6.07, 6.45) is -0.454. The van der Waals surface area contributed by atoms with Gasteiger partial charge < -0.3 is 34.9 Å². The molecule has 0 radical (unpaired) electrons. The van der Waals surface area contributed by atoms with Crippen molar-refractivity contribution in [3.8, 4) is 17.2 Å². The third kappa shape index (κ3) is 9.77. The number of aliphatic imine (C=N–C) groups is 1. The Labute approximate surface area is 189 Å². The lowest BCUT2D eigenvalue weighted by atomic mass is 10.1. The lowest BCUT2D eigenvalue weighted by Gasteiger charge is -2.20. The van der Waals surface area contributed by atoms with Crippen molar-refractivity contribution in [2.24, 2.45) is 4.99 Å². The normalized spacial score (nSPS) is 11.1. The molecular formula is C19H33IN4O5. The van der Waals surface area contributed by atoms with Crippen molar-refractivity contribution < 1.29 is 23.7 Å². The van der Waals surface area contributed by atoms with Crippen molar-refractivity contribution in [3.63, 3.8) is 0 Å². The van der Waals surface area contributed by atoms with Crippen LogP contribution in [0.25, 0.3) is 0 Å². The summed E-state index contributed by atoms with van der Waals surface area (Å²) in [5.74, 6) is 2.51. The fourth-order valence-corrected chi connectivity index (χ4v) is 2.30. The molecule has 0 unspecified atom stereocenters. The number of hydrogen-bond donors (Lipinski definition) is 3. The molecule has 3 N–H and O–H groups in total. The SMILES string of the molecule is CN=C(NCCNC(=O)OC(C)(C)C)NCc1c(OC)cc(OC)cc1OC.I. The van der Waals surface area contributed by atoms with Gasteiger partial charge in [-0.1, -0.05) is 0 Å². The Balaban J connectivity index is 0.00000784. The number of rotatable bonds is 8. The number of methoxy groups -OCH3 is 3. The number of halogens is 1. The molecule has 166 valence electrons. The molecule has 0 atom stereocenters. The number of guanidine groups is 1. The van der Waals surface area contributed by atoms with Crippen LogP contribution in [0.4, 0.5) is 4.79 Å². The van der Waals surface area contributed by atoms with Gasteiger partial charge in [-0.15, -0.1) is 24.0 Å². The zero-order chi connectivity index (χ0) is 21.2. The highest BCUT2D eigenvalue weighted by atomic mass is 127. The number of hydrogen-bond acceptors (Lipinski definition) is 6. The van der Waals surface area contributed by atoms with E-state index in [1.807, 2.05) is 20.8 Å². The molecule has 0 saturated heterocycles. The van der Waals surface area contributed by atoms with E-state index in [1.165, 1.54) is 0 Å². The smallest absolute Gasteiger partial charge is 0.407 e. The second-order valence-corrected chi connectivity index (χ2v) is 6.79. The van der Waals surface area contributed by atoms with Crippen molar-refractivity contribution in [1.29, 1.82) is 0 Å². The third-order valence-electron chi connectivity index (χ3n) is 3.56. The van der Waals surface area contributed by atoms with Crippen molar-refractivity contribution in [1.82, 2.24) is 16.0 Å². The lowest BCUT2D eigenvalue weighted by Crippen LogP contribution is -2.42. The van der Waals surface area contributed by atoms with Gasteiger partial charge in [-0.25, -0.2) is 4.79 Å². The van der Waals surface area contributed by atoms with Crippen molar-refractivity contribution in [2.75, 3.05) is 41.5 Å². The molecule has 9 nitrogen and oxygen atoms in total. The maximum Gasteiger partial charge on any atom is 0.407 e. The van der Waals surface area contributed by atoms with E-state index in [0.29, 0.717) is 42.8 Å². The fraction of sp³-hybridized carbons (Fsp3) is 0.579. The van der Waals surface area contributed by atoms with Crippen LogP contribution in [-0.4, -0.2) is 59.1 Å². The van der Waals surface area contributed by atoms with E-state index < -0.39 is 11.7 Å². The highest BCUT2D eigenvalue weighted by Gasteiger charge is 2.16. The summed E-state index contributed by atoms with van der Waals surface area (Å²) in [7, 11) is 6.43. The average molecular weight is 524 g/mol. The highest BCUT2D eigenvalue weighted by molar-refractivity contribution is 14.0. The Morgan fingerprint density at radius 2 is 1.52 bits per heavy atom. The zero-order valence-electron chi connectivity index (χ0n) is 18.2. The quantitative estimate of drug-likeness (QED) is 0.208. The molecule has 0 aliphatic heterocycles. The van der Waals surface area contributed by atoms with Gasteiger partial charge in [0.15, 0.2) is 5.96 Å². The minimum atomic E-state index is -0.522. The van der Waals surface area contributed by atoms with Crippen molar-refractivity contribution >= 4 is 36.0 Å². The van der Waals surface area contributed by atoms with E-state index in [9.17, 15) is 4.79 Å². The van der Waals surface area contributed by atoms with Crippen LogP contribution in [0.1, 0.15) is 26.3 Å². The molecule has 0 spiro atoms. The Hall–Kier alpha value is -2.11. The first-order valence-corrected chi connectivity index (χ1v) is 8.94. The van der Waals surface area contributed by atoms with Gasteiger partial charge in [-0.3, -0.25) is 4.99 Å². The van der Waals surface area contributed by atoms with Crippen LogP contribution < -0.4 is 30.2 Å². The van der Waals surface area contributed by atoms with Crippen LogP contribution in [0.5, 0.6) is 17.2 Å². The maximum absolute atomic E-state index is 11.6. The first kappa shape index (κ1) is 26.9. The fourth-order valence-electron chi connectivity index (χ4n) is 2.30. The zero-order valence-corrected chi connectivity index (χ0v) is 20.5. The molecule has 1 aromatic carbocycles. The molecule has 10 heteroatoms. The van der Waals surface area contributed by atoms with E-state index in [0.717, 1.165) is 5.56 Å². The molecule has 1 rings (SSSR count). The molecule has 1 amide bonds. The van der Waals surface area contributed by atoms with Gasteiger partial charge in [0.05, 0.1) is 33.4 Å². The minimum absolute atomic E-state index is 0. The molecule has 0 saturated carbocycles. The summed E-state index contributed by atoms with van der Waals surface area (Å²) in [5, 5.41) is 8.99. The van der Waals surface area contributed by atoms with Gasteiger partial charge in [0.1, 0.15) is 22.8 Å². The van der Waals surface area contributed by atoms with Gasteiger partial charge in [0, 0.05) is 32.3 Å². The maximum atomic E-state index is 11.6. The van der Waals surface area contributed by atoms with Gasteiger partial charge >= 0.3 is 6.09 Å². The Kier molecular flexibility index (Phi) is 12.2. The monoisotopic (exact) mass is 524 g/mol. The standard InChI is InChI=1S/C19H32N4O5.HI/c1-19(2,3)28-18(24)22-9-8-21-17(20-4)23-12-14-15(26-6)10-13(25-5)11-16(14)27-7;/h10-11H,8-9,12H2,1-7H3,(H,22,24)(H2,20,21,23);1H. The van der Waals surface area contributed by atoms with Gasteiger partial charge in [-0.2, -0.15) is 0 Å². The second kappa shape index (κ2) is 13.2. The molecule has 0 heterocycles. The summed E-state index contributed by atoms with van der Waals surface area (Å²) in [4.78, 5) is 15.8. The highest BCUT2D eigenvalue weighted by Crippen LogP contribution is 2.33. The van der Waals surface area contributed by atoms with Gasteiger partial charge in [0.2, 0.25) is 0 Å². The summed E-state index contributed by atoms with van der Waals surface area (Å²) in [6.45, 7) is 6.75. The van der Waals surface area contributed by atoms with Crippen molar-refractivity contribution in [3.05, 3.63) is 17.7 Å². The summed E-state index contributed by atoms with van der Waals surface area (Å²) >= 11 is 0. The third-order valence-corrected chi connectivity index (χ3v) is 3.56. The predicted octanol–water partition coefficient (Wildman–Crippen LogP) is 2.52. The molecule has 1 aromatic rings. The summed E-state index contributed by atoms with van der Waals surface area (Å²) in [5.41, 5.74) is 0.312. The molecular weight excluding hydrogens is 491 g/mol. The molecule has 0 aromatic heterocycles. The van der Waals surface area contributed by atoms with Crippen LogP contribution in [0.15, 0.2) is 17.1 Å². The molecule has 0 aliphatic rings.